The molecule has 4 rings (SSSR count). The zero-order chi connectivity index (χ0) is 27.7. The Labute approximate surface area is 219 Å². The maximum absolute atomic E-state index is 15.3. The summed E-state index contributed by atoms with van der Waals surface area (Å²) in [6, 6.07) is 0.779. The lowest BCUT2D eigenvalue weighted by Crippen LogP contribution is -2.37. The van der Waals surface area contributed by atoms with E-state index in [9.17, 15) is 14.0 Å². The third-order valence-corrected chi connectivity index (χ3v) is 6.88. The van der Waals surface area contributed by atoms with Crippen molar-refractivity contribution in [3.8, 4) is 11.8 Å². The monoisotopic (exact) mass is 524 g/mol. The summed E-state index contributed by atoms with van der Waals surface area (Å²) in [5, 5.41) is 2.99. The van der Waals surface area contributed by atoms with E-state index >= 15 is 4.39 Å². The molecule has 1 aliphatic heterocycles. The van der Waals surface area contributed by atoms with Gasteiger partial charge < -0.3 is 29.8 Å². The first-order valence-corrected chi connectivity index (χ1v) is 12.2. The van der Waals surface area contributed by atoms with E-state index in [2.05, 4.69) is 28.7 Å². The van der Waals surface area contributed by atoms with E-state index in [0.717, 1.165) is 0 Å². The number of imidazole rings is 1. The van der Waals surface area contributed by atoms with Gasteiger partial charge in [-0.05, 0) is 26.3 Å². The number of fused-ring (bicyclic) bond motifs is 1. The summed E-state index contributed by atoms with van der Waals surface area (Å²) < 4.78 is 39.1. The molecule has 11 heteroatoms. The number of carbonyl (C=O) groups excluding carboxylic acids is 2. The Hall–Kier alpha value is -4.17. The topological polar surface area (TPSA) is 107 Å². The number of aryl methyl sites for hydroxylation is 2. The average molecular weight is 525 g/mol. The molecule has 1 saturated heterocycles. The number of hydrogen-bond donors (Lipinski definition) is 2. The van der Waals surface area contributed by atoms with Gasteiger partial charge in [-0.1, -0.05) is 18.4 Å². The van der Waals surface area contributed by atoms with Crippen LogP contribution in [0.4, 0.5) is 14.6 Å². The Morgan fingerprint density at radius 3 is 2.71 bits per heavy atom. The fourth-order valence-corrected chi connectivity index (χ4v) is 5.19. The van der Waals surface area contributed by atoms with Crippen LogP contribution in [0.15, 0.2) is 24.9 Å². The van der Waals surface area contributed by atoms with E-state index in [0.29, 0.717) is 43.3 Å². The number of carbonyl (C=O) groups is 2. The van der Waals surface area contributed by atoms with Gasteiger partial charge in [0.05, 0.1) is 40.9 Å². The van der Waals surface area contributed by atoms with Crippen molar-refractivity contribution < 1.29 is 23.1 Å². The van der Waals surface area contributed by atoms with Crippen LogP contribution in [-0.4, -0.2) is 64.2 Å². The molecule has 3 N–H and O–H groups in total. The molecule has 38 heavy (non-hydrogen) atoms. The summed E-state index contributed by atoms with van der Waals surface area (Å²) in [6.07, 6.45) is 3.40. The van der Waals surface area contributed by atoms with Crippen molar-refractivity contribution in [2.24, 2.45) is 5.73 Å². The minimum Gasteiger partial charge on any atom is -0.383 e. The van der Waals surface area contributed by atoms with Crippen molar-refractivity contribution in [2.45, 2.75) is 38.9 Å². The van der Waals surface area contributed by atoms with Crippen LogP contribution in [-0.2, 0) is 16.1 Å². The Kier molecular flexibility index (Phi) is 7.55. The number of primary amides is 1. The van der Waals surface area contributed by atoms with Gasteiger partial charge in [-0.2, -0.15) is 0 Å². The van der Waals surface area contributed by atoms with Crippen molar-refractivity contribution in [1.82, 2.24) is 19.0 Å². The molecule has 0 unspecified atom stereocenters. The van der Waals surface area contributed by atoms with Crippen LogP contribution in [0.1, 0.15) is 46.7 Å². The molecular formula is C27H30F2N6O3. The van der Waals surface area contributed by atoms with Gasteiger partial charge >= 0.3 is 0 Å². The minimum atomic E-state index is -0.867. The summed E-state index contributed by atoms with van der Waals surface area (Å²) in [5.74, 6) is 3.57. The van der Waals surface area contributed by atoms with Crippen LogP contribution >= 0.6 is 0 Å². The lowest BCUT2D eigenvalue weighted by Gasteiger charge is -2.22. The molecule has 0 saturated carbocycles. The van der Waals surface area contributed by atoms with Gasteiger partial charge in [0, 0.05) is 39.5 Å². The Bertz CT molecular complexity index is 1500. The Morgan fingerprint density at radius 1 is 1.37 bits per heavy atom. The number of nitrogens with zero attached hydrogens (tertiary/aromatic N) is 4. The lowest BCUT2D eigenvalue weighted by atomic mass is 10.1. The van der Waals surface area contributed by atoms with Gasteiger partial charge in [0.15, 0.2) is 5.82 Å². The summed E-state index contributed by atoms with van der Waals surface area (Å²) >= 11 is 0. The van der Waals surface area contributed by atoms with E-state index in [1.165, 1.54) is 12.1 Å². The maximum Gasteiger partial charge on any atom is 0.253 e. The molecule has 1 fully saturated rings. The van der Waals surface area contributed by atoms with Gasteiger partial charge in [0.2, 0.25) is 5.91 Å². The second kappa shape index (κ2) is 10.7. The summed E-state index contributed by atoms with van der Waals surface area (Å²) in [6.45, 7) is 8.33. The number of aromatic nitrogens is 3. The highest BCUT2D eigenvalue weighted by Crippen LogP contribution is 2.34. The molecule has 0 aliphatic carbocycles. The first-order chi connectivity index (χ1) is 18.2. The predicted octanol–water partition coefficient (Wildman–Crippen LogP) is 2.96. The van der Waals surface area contributed by atoms with Gasteiger partial charge in [0.1, 0.15) is 23.0 Å². The fraction of sp³-hybridized carbons (Fsp3) is 0.370. The predicted molar refractivity (Wildman–Crippen MR) is 140 cm³/mol. The quantitative estimate of drug-likeness (QED) is 0.365. The summed E-state index contributed by atoms with van der Waals surface area (Å²) in [5.41, 5.74) is 5.91. The second-order valence-electron chi connectivity index (χ2n) is 9.05. The summed E-state index contributed by atoms with van der Waals surface area (Å²) in [4.78, 5) is 30.8. The van der Waals surface area contributed by atoms with Crippen molar-refractivity contribution in [3.05, 3.63) is 59.1 Å². The van der Waals surface area contributed by atoms with Gasteiger partial charge in [0.25, 0.3) is 5.91 Å². The molecule has 2 aromatic heterocycles. The number of amides is 2. The SMILES string of the molecule is C=CC(=O)N1C[C@@H](n2cc(C#Cc3c(F)cc4c(nc(C)n4CC)c3F)c(C(N)=O)c2NC)C[C@@H]1COC. The molecule has 1 aromatic carbocycles. The number of nitrogens with one attached hydrogen (secondary N) is 1. The smallest absolute Gasteiger partial charge is 0.253 e. The number of benzene rings is 1. The third-order valence-electron chi connectivity index (χ3n) is 6.88. The largest absolute Gasteiger partial charge is 0.383 e. The van der Waals surface area contributed by atoms with E-state index in [4.69, 9.17) is 10.5 Å². The lowest BCUT2D eigenvalue weighted by molar-refractivity contribution is -0.127. The zero-order valence-corrected chi connectivity index (χ0v) is 21.8. The number of anilines is 1. The second-order valence-corrected chi connectivity index (χ2v) is 9.05. The molecule has 3 heterocycles. The van der Waals surface area contributed by atoms with Gasteiger partial charge in [-0.25, -0.2) is 13.8 Å². The normalized spacial score (nSPS) is 16.9. The molecular weight excluding hydrogens is 494 g/mol. The van der Waals surface area contributed by atoms with Crippen molar-refractivity contribution >= 4 is 28.7 Å². The Morgan fingerprint density at radius 2 is 2.11 bits per heavy atom. The molecule has 1 aliphatic rings. The molecule has 2 amide bonds. The highest BCUT2D eigenvalue weighted by Gasteiger charge is 2.37. The highest BCUT2D eigenvalue weighted by molar-refractivity contribution is 6.01. The molecule has 3 aromatic rings. The van der Waals surface area contributed by atoms with Crippen LogP contribution in [0.5, 0.6) is 0 Å². The van der Waals surface area contributed by atoms with E-state index in [1.807, 2.05) is 6.92 Å². The van der Waals surface area contributed by atoms with Crippen LogP contribution in [0, 0.1) is 30.4 Å². The van der Waals surface area contributed by atoms with E-state index in [1.54, 1.807) is 41.3 Å². The van der Waals surface area contributed by atoms with Crippen molar-refractivity contribution in [3.63, 3.8) is 0 Å². The molecule has 2 atom stereocenters. The minimum absolute atomic E-state index is 0.0285. The number of methoxy groups -OCH3 is 1. The molecule has 9 nitrogen and oxygen atoms in total. The van der Waals surface area contributed by atoms with Crippen LogP contribution in [0.2, 0.25) is 0 Å². The maximum atomic E-state index is 15.3. The standard InChI is InChI=1S/C27H30F2N6O3/c1-6-22(36)34-13-17(10-18(34)14-38-5)35-12-16(23(26(30)37)27(35)31-4)8-9-19-20(28)11-21-25(24(19)29)32-15(3)33(21)7-2/h6,11-12,17-18,31H,1,7,10,13-14H2,2-5H3,(H2,30,37)/t17-,18+/m0/s1. The van der Waals surface area contributed by atoms with E-state index in [-0.39, 0.29) is 34.6 Å². The molecule has 0 bridgehead atoms. The van der Waals surface area contributed by atoms with E-state index < -0.39 is 23.1 Å². The number of hydrogen-bond acceptors (Lipinski definition) is 5. The van der Waals surface area contributed by atoms with Gasteiger partial charge in [-0.15, -0.1) is 0 Å². The van der Waals surface area contributed by atoms with Gasteiger partial charge in [-0.3, -0.25) is 9.59 Å². The fourth-order valence-electron chi connectivity index (χ4n) is 5.19. The number of rotatable bonds is 7. The zero-order valence-electron chi connectivity index (χ0n) is 21.8. The molecule has 200 valence electrons. The molecule has 0 radical (unpaired) electrons. The van der Waals surface area contributed by atoms with Crippen LogP contribution < -0.4 is 11.1 Å². The molecule has 0 spiro atoms. The number of halogens is 2. The Balaban J connectivity index is 1.80. The first-order valence-electron chi connectivity index (χ1n) is 12.2. The van der Waals surface area contributed by atoms with Crippen LogP contribution in [0.3, 0.4) is 0 Å². The number of ether oxygens (including phenoxy) is 1. The number of likely N-dealkylation sites (tertiary alicyclic amines) is 1. The average Bonchev–Trinajstić information content (AvgIpc) is 3.56. The van der Waals surface area contributed by atoms with Crippen molar-refractivity contribution in [2.75, 3.05) is 32.6 Å². The summed E-state index contributed by atoms with van der Waals surface area (Å²) in [7, 11) is 3.19. The highest BCUT2D eigenvalue weighted by atomic mass is 19.1. The van der Waals surface area contributed by atoms with Crippen molar-refractivity contribution in [1.29, 1.82) is 0 Å². The first kappa shape index (κ1) is 26.9. The number of nitrogens with two attached hydrogens (primary N) is 1. The third kappa shape index (κ3) is 4.52. The van der Waals surface area contributed by atoms with Crippen LogP contribution in [0.25, 0.3) is 11.0 Å².